The number of rotatable bonds is 3. The Kier molecular flexibility index (Phi) is 3.60. The Bertz CT molecular complexity index is 417. The van der Waals surface area contributed by atoms with Crippen molar-refractivity contribution in [2.45, 2.75) is 16.3 Å². The van der Waals surface area contributed by atoms with Crippen molar-refractivity contribution in [1.29, 1.82) is 0 Å². The van der Waals surface area contributed by atoms with E-state index in [9.17, 15) is 32.1 Å². The first-order chi connectivity index (χ1) is 7.63. The molecule has 9 heteroatoms. The maximum Gasteiger partial charge on any atom is 0.464 e. The van der Waals surface area contributed by atoms with E-state index in [1.165, 1.54) is 0 Å². The molecule has 0 saturated heterocycles. The maximum atomic E-state index is 12.6. The minimum Gasteiger partial charge on any atom is -0.258 e. The molecule has 0 N–H and O–H groups in total. The normalized spacial score (nSPS) is 12.5. The van der Waals surface area contributed by atoms with Gasteiger partial charge >= 0.3 is 11.4 Å². The SMILES string of the molecule is O=[N+]([O-])c1ccc(SC(F)(F)C(F)(F)F)cc1. The zero-order valence-corrected chi connectivity index (χ0v) is 8.69. The Labute approximate surface area is 95.8 Å². The third-order valence-corrected chi connectivity index (χ3v) is 2.62. The lowest BCUT2D eigenvalue weighted by Crippen LogP contribution is -2.32. The van der Waals surface area contributed by atoms with E-state index < -0.39 is 33.0 Å². The first-order valence-corrected chi connectivity index (χ1v) is 4.83. The molecule has 3 nitrogen and oxygen atoms in total. The van der Waals surface area contributed by atoms with Gasteiger partial charge in [0.2, 0.25) is 0 Å². The second-order valence-corrected chi connectivity index (χ2v) is 4.06. The Morgan fingerprint density at radius 2 is 1.53 bits per heavy atom. The number of hydrogen-bond acceptors (Lipinski definition) is 3. The van der Waals surface area contributed by atoms with E-state index in [0.29, 0.717) is 0 Å². The Balaban J connectivity index is 2.86. The molecule has 0 fully saturated rings. The highest BCUT2D eigenvalue weighted by Gasteiger charge is 2.58. The van der Waals surface area contributed by atoms with Gasteiger partial charge in [0, 0.05) is 17.0 Å². The van der Waals surface area contributed by atoms with Crippen LogP contribution in [-0.4, -0.2) is 16.4 Å². The van der Waals surface area contributed by atoms with E-state index in [0.717, 1.165) is 24.3 Å². The molecule has 0 spiro atoms. The summed E-state index contributed by atoms with van der Waals surface area (Å²) >= 11 is -0.708. The highest BCUT2D eigenvalue weighted by molar-refractivity contribution is 8.00. The number of nitro benzene ring substituents is 1. The molecule has 1 rings (SSSR count). The van der Waals surface area contributed by atoms with Crippen LogP contribution in [0.1, 0.15) is 0 Å². The summed E-state index contributed by atoms with van der Waals surface area (Å²) in [6.07, 6.45) is -5.67. The van der Waals surface area contributed by atoms with Crippen molar-refractivity contribution in [3.8, 4) is 0 Å². The van der Waals surface area contributed by atoms with Gasteiger partial charge in [-0.25, -0.2) is 0 Å². The van der Waals surface area contributed by atoms with Gasteiger partial charge in [-0.3, -0.25) is 10.1 Å². The van der Waals surface area contributed by atoms with Gasteiger partial charge in [0.25, 0.3) is 5.69 Å². The van der Waals surface area contributed by atoms with Gasteiger partial charge in [-0.05, 0) is 23.9 Å². The number of halogens is 5. The average Bonchev–Trinajstić information content (AvgIpc) is 2.16. The number of alkyl halides is 5. The van der Waals surface area contributed by atoms with Crippen molar-refractivity contribution in [2.75, 3.05) is 0 Å². The summed E-state index contributed by atoms with van der Waals surface area (Å²) in [5, 5.41) is 5.30. The van der Waals surface area contributed by atoms with Crippen LogP contribution in [0.25, 0.3) is 0 Å². The van der Waals surface area contributed by atoms with Crippen LogP contribution < -0.4 is 0 Å². The molecule has 1 aromatic rings. The zero-order valence-electron chi connectivity index (χ0n) is 7.87. The summed E-state index contributed by atoms with van der Waals surface area (Å²) < 4.78 is 60.7. The third kappa shape index (κ3) is 3.29. The molecule has 0 atom stereocenters. The summed E-state index contributed by atoms with van der Waals surface area (Å²) in [7, 11) is 0. The predicted octanol–water partition coefficient (Wildman–Crippen LogP) is 3.84. The van der Waals surface area contributed by atoms with Gasteiger partial charge in [0.05, 0.1) is 4.92 Å². The van der Waals surface area contributed by atoms with E-state index in [1.54, 1.807) is 0 Å². The number of hydrogen-bond donors (Lipinski definition) is 0. The van der Waals surface area contributed by atoms with Crippen LogP contribution in [0.4, 0.5) is 27.6 Å². The van der Waals surface area contributed by atoms with Gasteiger partial charge in [-0.15, -0.1) is 0 Å². The van der Waals surface area contributed by atoms with Crippen LogP contribution in [-0.2, 0) is 0 Å². The lowest BCUT2D eigenvalue weighted by molar-refractivity contribution is -0.384. The van der Waals surface area contributed by atoms with E-state index >= 15 is 0 Å². The van der Waals surface area contributed by atoms with Crippen LogP contribution in [0, 0.1) is 10.1 Å². The van der Waals surface area contributed by atoms with E-state index in [2.05, 4.69) is 0 Å². The number of non-ortho nitro benzene ring substituents is 1. The van der Waals surface area contributed by atoms with E-state index in [-0.39, 0.29) is 5.69 Å². The number of benzene rings is 1. The van der Waals surface area contributed by atoms with Crippen LogP contribution >= 0.6 is 11.8 Å². The molecule has 0 aliphatic heterocycles. The Morgan fingerprint density at radius 3 is 1.88 bits per heavy atom. The Morgan fingerprint density at radius 1 is 1.06 bits per heavy atom. The first kappa shape index (κ1) is 13.7. The van der Waals surface area contributed by atoms with Crippen molar-refractivity contribution in [3.05, 3.63) is 34.4 Å². The second kappa shape index (κ2) is 4.47. The van der Waals surface area contributed by atoms with Gasteiger partial charge < -0.3 is 0 Å². The van der Waals surface area contributed by atoms with E-state index in [1.807, 2.05) is 0 Å². The van der Waals surface area contributed by atoms with Crippen LogP contribution in [0.3, 0.4) is 0 Å². The number of thioether (sulfide) groups is 1. The zero-order chi connectivity index (χ0) is 13.3. The molecule has 0 amide bonds. The maximum absolute atomic E-state index is 12.6. The molecule has 0 heterocycles. The molecule has 0 unspecified atom stereocenters. The van der Waals surface area contributed by atoms with Crippen molar-refractivity contribution in [1.82, 2.24) is 0 Å². The van der Waals surface area contributed by atoms with Crippen LogP contribution in [0.5, 0.6) is 0 Å². The van der Waals surface area contributed by atoms with E-state index in [4.69, 9.17) is 0 Å². The summed E-state index contributed by atoms with van der Waals surface area (Å²) in [5.74, 6) is 0. The average molecular weight is 273 g/mol. The summed E-state index contributed by atoms with van der Waals surface area (Å²) in [6, 6.07) is 3.38. The van der Waals surface area contributed by atoms with Gasteiger partial charge in [0.1, 0.15) is 0 Å². The first-order valence-electron chi connectivity index (χ1n) is 4.01. The molecule has 17 heavy (non-hydrogen) atoms. The summed E-state index contributed by atoms with van der Waals surface area (Å²) in [5.41, 5.74) is -0.385. The fourth-order valence-corrected chi connectivity index (χ4v) is 1.53. The monoisotopic (exact) mass is 273 g/mol. The standard InChI is InChI=1S/C8H4F5NO2S/c9-7(10,11)8(12,13)17-6-3-1-5(2-4-6)14(15)16/h1-4H. The smallest absolute Gasteiger partial charge is 0.258 e. The summed E-state index contributed by atoms with van der Waals surface area (Å²) in [4.78, 5) is 9.04. The van der Waals surface area contributed by atoms with Crippen molar-refractivity contribution < 1.29 is 26.9 Å². The van der Waals surface area contributed by atoms with Crippen LogP contribution in [0.2, 0.25) is 0 Å². The topological polar surface area (TPSA) is 43.1 Å². The van der Waals surface area contributed by atoms with Crippen LogP contribution in [0.15, 0.2) is 29.2 Å². The largest absolute Gasteiger partial charge is 0.464 e. The minimum atomic E-state index is -5.67. The highest BCUT2D eigenvalue weighted by atomic mass is 32.2. The van der Waals surface area contributed by atoms with Gasteiger partial charge in [-0.2, -0.15) is 22.0 Å². The molecular formula is C8H4F5NO2S. The highest BCUT2D eigenvalue weighted by Crippen LogP contribution is 2.47. The van der Waals surface area contributed by atoms with Gasteiger partial charge in [0.15, 0.2) is 0 Å². The second-order valence-electron chi connectivity index (χ2n) is 2.87. The van der Waals surface area contributed by atoms with Gasteiger partial charge in [-0.1, -0.05) is 0 Å². The van der Waals surface area contributed by atoms with Crippen molar-refractivity contribution in [3.63, 3.8) is 0 Å². The Hall–Kier alpha value is -1.38. The lowest BCUT2D eigenvalue weighted by Gasteiger charge is -2.18. The third-order valence-electron chi connectivity index (χ3n) is 1.62. The fourth-order valence-electron chi connectivity index (χ4n) is 0.842. The summed E-state index contributed by atoms with van der Waals surface area (Å²) in [6.45, 7) is 0. The molecule has 0 radical (unpaired) electrons. The number of nitrogens with zero attached hydrogens (tertiary/aromatic N) is 1. The predicted molar refractivity (Wildman–Crippen MR) is 50.0 cm³/mol. The molecule has 0 aliphatic carbocycles. The molecule has 0 bridgehead atoms. The minimum absolute atomic E-state index is 0.385. The van der Waals surface area contributed by atoms with Crippen molar-refractivity contribution >= 4 is 17.4 Å². The molecular weight excluding hydrogens is 269 g/mol. The fraction of sp³-hybridized carbons (Fsp3) is 0.250. The van der Waals surface area contributed by atoms with Crippen molar-refractivity contribution in [2.24, 2.45) is 0 Å². The number of nitro groups is 1. The molecule has 0 saturated carbocycles. The molecule has 0 aliphatic rings. The molecule has 1 aromatic carbocycles. The quantitative estimate of drug-likeness (QED) is 0.363. The lowest BCUT2D eigenvalue weighted by atomic mass is 10.3. The molecule has 0 aromatic heterocycles. The molecule has 94 valence electrons.